The van der Waals surface area contributed by atoms with Crippen molar-refractivity contribution < 1.29 is 22.7 Å². The highest BCUT2D eigenvalue weighted by molar-refractivity contribution is 8.01. The Bertz CT molecular complexity index is 465. The van der Waals surface area contributed by atoms with E-state index in [1.807, 2.05) is 0 Å². The number of hydrogen-bond acceptors (Lipinski definition) is 3. The predicted molar refractivity (Wildman–Crippen MR) is 73.6 cm³/mol. The number of Topliss-reactive ketones (excluding diaryl/α,β-unsaturated/α-hetero) is 1. The predicted octanol–water partition coefficient (Wildman–Crippen LogP) is 4.43. The second-order valence-electron chi connectivity index (χ2n) is 4.24. The average Bonchev–Trinajstić information content (AvgIpc) is 2.36. The third-order valence-electron chi connectivity index (χ3n) is 2.25. The van der Waals surface area contributed by atoms with Crippen LogP contribution in [-0.4, -0.2) is 23.3 Å². The molecule has 1 aromatic rings. The standard InChI is InChI=1S/C14H15F3O2S/c1-10(2)8-9-19-13(20-14(15,16)17)12(18)11-6-4-3-5-7-11/h3-8,13H,9H2,1-2H3/t13-/m0/s1. The third-order valence-corrected chi connectivity index (χ3v) is 3.08. The molecule has 110 valence electrons. The van der Waals surface area contributed by atoms with Crippen molar-refractivity contribution in [1.29, 1.82) is 0 Å². The zero-order chi connectivity index (χ0) is 15.2. The zero-order valence-corrected chi connectivity index (χ0v) is 11.9. The summed E-state index contributed by atoms with van der Waals surface area (Å²) in [6.07, 6.45) is 1.63. The van der Waals surface area contributed by atoms with Crippen LogP contribution in [0.2, 0.25) is 0 Å². The minimum absolute atomic E-state index is 0.0331. The van der Waals surface area contributed by atoms with Crippen LogP contribution < -0.4 is 0 Å². The molecule has 0 aromatic heterocycles. The molecule has 0 aliphatic rings. The Morgan fingerprint density at radius 3 is 2.40 bits per heavy atom. The number of carbonyl (C=O) groups excluding carboxylic acids is 1. The van der Waals surface area contributed by atoms with Gasteiger partial charge >= 0.3 is 5.51 Å². The van der Waals surface area contributed by atoms with Gasteiger partial charge in [0.1, 0.15) is 0 Å². The number of carbonyl (C=O) groups is 1. The van der Waals surface area contributed by atoms with Crippen molar-refractivity contribution in [2.75, 3.05) is 6.61 Å². The van der Waals surface area contributed by atoms with Gasteiger partial charge in [-0.1, -0.05) is 42.0 Å². The van der Waals surface area contributed by atoms with E-state index in [-0.39, 0.29) is 12.2 Å². The molecular weight excluding hydrogens is 289 g/mol. The summed E-state index contributed by atoms with van der Waals surface area (Å²) in [7, 11) is 0. The first-order chi connectivity index (χ1) is 9.29. The van der Waals surface area contributed by atoms with Gasteiger partial charge in [-0.25, -0.2) is 0 Å². The number of ketones is 1. The van der Waals surface area contributed by atoms with Crippen LogP contribution in [0.4, 0.5) is 13.2 Å². The van der Waals surface area contributed by atoms with E-state index in [2.05, 4.69) is 0 Å². The van der Waals surface area contributed by atoms with Gasteiger partial charge in [-0.3, -0.25) is 4.79 Å². The van der Waals surface area contributed by atoms with Gasteiger partial charge in [-0.2, -0.15) is 13.2 Å². The van der Waals surface area contributed by atoms with Gasteiger partial charge in [0.25, 0.3) is 0 Å². The molecule has 0 heterocycles. The van der Waals surface area contributed by atoms with Crippen molar-refractivity contribution in [3.05, 3.63) is 47.5 Å². The molecule has 0 saturated carbocycles. The van der Waals surface area contributed by atoms with Crippen molar-refractivity contribution in [3.8, 4) is 0 Å². The summed E-state index contributed by atoms with van der Waals surface area (Å²) in [6, 6.07) is 7.82. The normalized spacial score (nSPS) is 12.8. The summed E-state index contributed by atoms with van der Waals surface area (Å²) in [5.74, 6) is -0.685. The largest absolute Gasteiger partial charge is 0.444 e. The maximum absolute atomic E-state index is 12.5. The summed E-state index contributed by atoms with van der Waals surface area (Å²) in [6.45, 7) is 3.57. The molecule has 20 heavy (non-hydrogen) atoms. The van der Waals surface area contributed by atoms with Gasteiger partial charge in [0.15, 0.2) is 5.44 Å². The average molecular weight is 304 g/mol. The lowest BCUT2D eigenvalue weighted by molar-refractivity contribution is -0.0362. The highest BCUT2D eigenvalue weighted by Gasteiger charge is 2.37. The van der Waals surface area contributed by atoms with E-state index >= 15 is 0 Å². The van der Waals surface area contributed by atoms with E-state index in [0.717, 1.165) is 5.57 Å². The molecule has 0 amide bonds. The number of thioether (sulfide) groups is 1. The SMILES string of the molecule is CC(C)=CCO[C@@H](SC(F)(F)F)C(=O)c1ccccc1. The molecule has 0 unspecified atom stereocenters. The van der Waals surface area contributed by atoms with Crippen molar-refractivity contribution in [2.24, 2.45) is 0 Å². The summed E-state index contributed by atoms with van der Waals surface area (Å²) < 4.78 is 42.5. The van der Waals surface area contributed by atoms with Crippen LogP contribution in [0.5, 0.6) is 0 Å². The molecule has 0 saturated heterocycles. The second kappa shape index (κ2) is 7.50. The molecular formula is C14H15F3O2S. The smallest absolute Gasteiger partial charge is 0.355 e. The van der Waals surface area contributed by atoms with Crippen molar-refractivity contribution in [2.45, 2.75) is 24.8 Å². The Hall–Kier alpha value is -1.27. The summed E-state index contributed by atoms with van der Waals surface area (Å²) >= 11 is -0.445. The van der Waals surface area contributed by atoms with Gasteiger partial charge in [-0.05, 0) is 25.6 Å². The van der Waals surface area contributed by atoms with Crippen molar-refractivity contribution in [1.82, 2.24) is 0 Å². The van der Waals surface area contributed by atoms with Gasteiger partial charge < -0.3 is 4.74 Å². The van der Waals surface area contributed by atoms with Gasteiger partial charge in [0.2, 0.25) is 5.78 Å². The van der Waals surface area contributed by atoms with E-state index < -0.39 is 28.5 Å². The Morgan fingerprint density at radius 1 is 1.30 bits per heavy atom. The Kier molecular flexibility index (Phi) is 6.29. The maximum Gasteiger partial charge on any atom is 0.444 e. The monoisotopic (exact) mass is 304 g/mol. The number of benzene rings is 1. The number of halogens is 3. The number of rotatable bonds is 6. The Morgan fingerprint density at radius 2 is 1.90 bits per heavy atom. The van der Waals surface area contributed by atoms with Crippen molar-refractivity contribution >= 4 is 17.5 Å². The molecule has 1 atom stereocenters. The van der Waals surface area contributed by atoms with Crippen LogP contribution in [0.3, 0.4) is 0 Å². The van der Waals surface area contributed by atoms with E-state index in [4.69, 9.17) is 4.74 Å². The molecule has 1 rings (SSSR count). The Labute approximate surface area is 120 Å². The number of alkyl halides is 3. The van der Waals surface area contributed by atoms with Crippen LogP contribution >= 0.6 is 11.8 Å². The summed E-state index contributed by atoms with van der Waals surface area (Å²) in [5.41, 5.74) is -5.01. The fraction of sp³-hybridized carbons (Fsp3) is 0.357. The highest BCUT2D eigenvalue weighted by Crippen LogP contribution is 2.35. The fourth-order valence-electron chi connectivity index (χ4n) is 1.33. The van der Waals surface area contributed by atoms with Crippen LogP contribution in [0.1, 0.15) is 24.2 Å². The fourth-order valence-corrected chi connectivity index (χ4v) is 1.96. The zero-order valence-electron chi connectivity index (χ0n) is 11.1. The molecule has 0 aliphatic carbocycles. The molecule has 0 N–H and O–H groups in total. The number of ether oxygens (including phenoxy) is 1. The van der Waals surface area contributed by atoms with Crippen LogP contribution in [-0.2, 0) is 4.74 Å². The maximum atomic E-state index is 12.5. The lowest BCUT2D eigenvalue weighted by atomic mass is 10.1. The summed E-state index contributed by atoms with van der Waals surface area (Å²) in [5, 5.41) is 0. The van der Waals surface area contributed by atoms with Gasteiger partial charge in [0, 0.05) is 5.56 Å². The molecule has 0 radical (unpaired) electrons. The molecule has 0 bridgehead atoms. The lowest BCUT2D eigenvalue weighted by Crippen LogP contribution is -2.25. The molecule has 6 heteroatoms. The van der Waals surface area contributed by atoms with Gasteiger partial charge in [-0.15, -0.1) is 0 Å². The quantitative estimate of drug-likeness (QED) is 0.442. The van der Waals surface area contributed by atoms with E-state index in [0.29, 0.717) is 0 Å². The highest BCUT2D eigenvalue weighted by atomic mass is 32.2. The van der Waals surface area contributed by atoms with Crippen LogP contribution in [0, 0.1) is 0 Å². The summed E-state index contributed by atoms with van der Waals surface area (Å²) in [4.78, 5) is 12.0. The minimum atomic E-state index is -4.53. The van der Waals surface area contributed by atoms with Crippen LogP contribution in [0.15, 0.2) is 42.0 Å². The lowest BCUT2D eigenvalue weighted by Gasteiger charge is -2.17. The molecule has 2 nitrogen and oxygen atoms in total. The first-order valence-electron chi connectivity index (χ1n) is 5.88. The van der Waals surface area contributed by atoms with Gasteiger partial charge in [0.05, 0.1) is 6.61 Å². The van der Waals surface area contributed by atoms with Crippen molar-refractivity contribution in [3.63, 3.8) is 0 Å². The molecule has 0 aliphatic heterocycles. The molecule has 1 aromatic carbocycles. The first-order valence-corrected chi connectivity index (χ1v) is 6.76. The Balaban J connectivity index is 2.81. The number of allylic oxidation sites excluding steroid dienone is 1. The van der Waals surface area contributed by atoms with E-state index in [1.54, 1.807) is 38.1 Å². The minimum Gasteiger partial charge on any atom is -0.355 e. The van der Waals surface area contributed by atoms with E-state index in [9.17, 15) is 18.0 Å². The molecule has 0 spiro atoms. The van der Waals surface area contributed by atoms with Crippen LogP contribution in [0.25, 0.3) is 0 Å². The number of hydrogen-bond donors (Lipinski definition) is 0. The molecule has 0 fully saturated rings. The first kappa shape index (κ1) is 16.8. The topological polar surface area (TPSA) is 26.3 Å². The third kappa shape index (κ3) is 6.25. The second-order valence-corrected chi connectivity index (χ2v) is 5.37. The van der Waals surface area contributed by atoms with E-state index in [1.165, 1.54) is 12.1 Å².